The van der Waals surface area contributed by atoms with Gasteiger partial charge in [0, 0.05) is 6.54 Å². The van der Waals surface area contributed by atoms with Crippen molar-refractivity contribution in [2.75, 3.05) is 6.54 Å². The predicted octanol–water partition coefficient (Wildman–Crippen LogP) is 2.91. The predicted molar refractivity (Wildman–Crippen MR) is 81.9 cm³/mol. The maximum atomic E-state index is 12.0. The van der Waals surface area contributed by atoms with Crippen molar-refractivity contribution in [3.05, 3.63) is 71.8 Å². The first-order valence-electron chi connectivity index (χ1n) is 6.63. The Labute approximate surface area is 120 Å². The smallest absolute Gasteiger partial charge is 0.214 e. The van der Waals surface area contributed by atoms with Crippen LogP contribution < -0.4 is 4.72 Å². The Kier molecular flexibility index (Phi) is 4.93. The van der Waals surface area contributed by atoms with Crippen LogP contribution in [-0.4, -0.2) is 15.0 Å². The van der Waals surface area contributed by atoms with Gasteiger partial charge in [0.1, 0.15) is 0 Å². The van der Waals surface area contributed by atoms with E-state index in [9.17, 15) is 8.42 Å². The molecule has 0 spiro atoms. The molecule has 0 radical (unpaired) electrons. The number of nitrogens with one attached hydrogen (secondary N) is 1. The zero-order chi connectivity index (χ0) is 14.4. The molecule has 0 aliphatic rings. The highest BCUT2D eigenvalue weighted by Crippen LogP contribution is 2.14. The number of hydrogen-bond acceptors (Lipinski definition) is 2. The Balaban J connectivity index is 1.93. The second-order valence-electron chi connectivity index (χ2n) is 4.90. The van der Waals surface area contributed by atoms with Crippen LogP contribution >= 0.6 is 0 Å². The molecule has 0 heterocycles. The topological polar surface area (TPSA) is 46.2 Å². The van der Waals surface area contributed by atoms with E-state index in [0.29, 0.717) is 6.54 Å². The summed E-state index contributed by atoms with van der Waals surface area (Å²) in [4.78, 5) is 0. The average Bonchev–Trinajstić information content (AvgIpc) is 2.46. The van der Waals surface area contributed by atoms with Gasteiger partial charge in [-0.15, -0.1) is 0 Å². The van der Waals surface area contributed by atoms with Crippen LogP contribution in [0.1, 0.15) is 24.0 Å². The molecule has 2 rings (SSSR count). The fourth-order valence-corrected chi connectivity index (χ4v) is 3.23. The van der Waals surface area contributed by atoms with Crippen LogP contribution in [0.4, 0.5) is 0 Å². The summed E-state index contributed by atoms with van der Waals surface area (Å²) >= 11 is 0. The molecule has 3 nitrogen and oxygen atoms in total. The molecule has 4 heteroatoms. The molecule has 0 aliphatic carbocycles. The third kappa shape index (κ3) is 4.47. The van der Waals surface area contributed by atoms with Crippen molar-refractivity contribution >= 4 is 10.0 Å². The lowest BCUT2D eigenvalue weighted by atomic mass is 10.0. The lowest BCUT2D eigenvalue weighted by Crippen LogP contribution is -2.28. The van der Waals surface area contributed by atoms with E-state index in [1.54, 1.807) is 0 Å². The van der Waals surface area contributed by atoms with E-state index in [2.05, 4.69) is 4.72 Å². The zero-order valence-corrected chi connectivity index (χ0v) is 12.3. The maximum Gasteiger partial charge on any atom is 0.215 e. The Bertz CT molecular complexity index is 624. The largest absolute Gasteiger partial charge is 0.215 e. The van der Waals surface area contributed by atoms with Crippen molar-refractivity contribution in [2.24, 2.45) is 0 Å². The number of sulfonamides is 1. The van der Waals surface area contributed by atoms with Crippen molar-refractivity contribution in [1.82, 2.24) is 4.72 Å². The molecule has 2 aromatic carbocycles. The van der Waals surface area contributed by atoms with E-state index in [-0.39, 0.29) is 11.7 Å². The summed E-state index contributed by atoms with van der Waals surface area (Å²) in [6, 6.07) is 19.1. The van der Waals surface area contributed by atoms with Crippen molar-refractivity contribution in [3.63, 3.8) is 0 Å². The lowest BCUT2D eigenvalue weighted by Gasteiger charge is -2.13. The Morgan fingerprint density at radius 3 is 2.10 bits per heavy atom. The molecule has 0 fully saturated rings. The van der Waals surface area contributed by atoms with Gasteiger partial charge in [-0.25, -0.2) is 13.1 Å². The molecule has 1 N–H and O–H groups in total. The molecule has 0 aliphatic heterocycles. The Morgan fingerprint density at radius 1 is 0.950 bits per heavy atom. The first-order chi connectivity index (χ1) is 9.57. The summed E-state index contributed by atoms with van der Waals surface area (Å²) in [6.45, 7) is 2.43. The highest BCUT2D eigenvalue weighted by molar-refractivity contribution is 7.88. The summed E-state index contributed by atoms with van der Waals surface area (Å²) in [5.41, 5.74) is 1.93. The molecule has 0 bridgehead atoms. The van der Waals surface area contributed by atoms with Crippen LogP contribution in [0.25, 0.3) is 0 Å². The summed E-state index contributed by atoms with van der Waals surface area (Å²) in [5.74, 6) is 0.178. The second-order valence-corrected chi connectivity index (χ2v) is 6.71. The van der Waals surface area contributed by atoms with Crippen molar-refractivity contribution in [1.29, 1.82) is 0 Å². The number of hydrogen-bond donors (Lipinski definition) is 1. The van der Waals surface area contributed by atoms with Gasteiger partial charge >= 0.3 is 0 Å². The normalized spacial score (nSPS) is 13.1. The first kappa shape index (κ1) is 14.8. The molecular formula is C16H19NO2S. The molecule has 0 saturated carbocycles. The summed E-state index contributed by atoms with van der Waals surface area (Å²) in [5, 5.41) is 0. The minimum atomic E-state index is -3.29. The van der Waals surface area contributed by atoms with Crippen molar-refractivity contribution in [2.45, 2.75) is 18.6 Å². The van der Waals surface area contributed by atoms with E-state index in [0.717, 1.165) is 11.1 Å². The van der Waals surface area contributed by atoms with E-state index in [1.807, 2.05) is 67.6 Å². The number of rotatable bonds is 6. The standard InChI is InChI=1S/C16H19NO2S/c1-14(16-10-6-3-7-11-16)12-17-20(18,19)13-15-8-4-2-5-9-15/h2-11,14,17H,12-13H2,1H3/t14-/m1/s1. The Hall–Kier alpha value is -1.65. The molecule has 20 heavy (non-hydrogen) atoms. The molecular weight excluding hydrogens is 270 g/mol. The average molecular weight is 289 g/mol. The fourth-order valence-electron chi connectivity index (χ4n) is 2.00. The highest BCUT2D eigenvalue weighted by Gasteiger charge is 2.13. The molecule has 1 atom stereocenters. The van der Waals surface area contributed by atoms with Crippen LogP contribution in [0.3, 0.4) is 0 Å². The SMILES string of the molecule is C[C@H](CNS(=O)(=O)Cc1ccccc1)c1ccccc1. The van der Waals surface area contributed by atoms with Crippen LogP contribution in [0.15, 0.2) is 60.7 Å². The molecule has 0 saturated heterocycles. The van der Waals surface area contributed by atoms with Gasteiger partial charge in [-0.1, -0.05) is 67.6 Å². The van der Waals surface area contributed by atoms with Crippen molar-refractivity contribution < 1.29 is 8.42 Å². The molecule has 0 aromatic heterocycles. The minimum absolute atomic E-state index is 0.0232. The first-order valence-corrected chi connectivity index (χ1v) is 8.28. The van der Waals surface area contributed by atoms with Gasteiger partial charge in [0.15, 0.2) is 0 Å². The maximum absolute atomic E-state index is 12.0. The second kappa shape index (κ2) is 6.68. The molecule has 2 aromatic rings. The van der Waals surface area contributed by atoms with Gasteiger partial charge in [-0.2, -0.15) is 0 Å². The number of benzene rings is 2. The third-order valence-electron chi connectivity index (χ3n) is 3.18. The third-order valence-corrected chi connectivity index (χ3v) is 4.50. The van der Waals surface area contributed by atoms with Gasteiger partial charge in [0.2, 0.25) is 10.0 Å². The summed E-state index contributed by atoms with van der Waals surface area (Å²) < 4.78 is 26.7. The van der Waals surface area contributed by atoms with Crippen LogP contribution in [0.2, 0.25) is 0 Å². The zero-order valence-electron chi connectivity index (χ0n) is 11.5. The van der Waals surface area contributed by atoms with Gasteiger partial charge in [0.05, 0.1) is 5.75 Å². The van der Waals surface area contributed by atoms with E-state index in [1.165, 1.54) is 0 Å². The van der Waals surface area contributed by atoms with E-state index < -0.39 is 10.0 Å². The Morgan fingerprint density at radius 2 is 1.50 bits per heavy atom. The quantitative estimate of drug-likeness (QED) is 0.888. The molecule has 0 unspecified atom stereocenters. The van der Waals surface area contributed by atoms with Crippen molar-refractivity contribution in [3.8, 4) is 0 Å². The highest BCUT2D eigenvalue weighted by atomic mass is 32.2. The van der Waals surface area contributed by atoms with E-state index in [4.69, 9.17) is 0 Å². The monoisotopic (exact) mass is 289 g/mol. The minimum Gasteiger partial charge on any atom is -0.214 e. The summed E-state index contributed by atoms with van der Waals surface area (Å²) in [6.07, 6.45) is 0. The van der Waals surface area contributed by atoms with E-state index >= 15 is 0 Å². The lowest BCUT2D eigenvalue weighted by molar-refractivity contribution is 0.574. The molecule has 106 valence electrons. The van der Waals surface area contributed by atoms with Gasteiger partial charge < -0.3 is 0 Å². The van der Waals surface area contributed by atoms with Crippen LogP contribution in [-0.2, 0) is 15.8 Å². The van der Waals surface area contributed by atoms with Crippen LogP contribution in [0, 0.1) is 0 Å². The van der Waals surface area contributed by atoms with Gasteiger partial charge in [-0.3, -0.25) is 0 Å². The van der Waals surface area contributed by atoms with Gasteiger partial charge in [-0.05, 0) is 17.0 Å². The molecule has 0 amide bonds. The summed E-state index contributed by atoms with van der Waals surface area (Å²) in [7, 11) is -3.29. The van der Waals surface area contributed by atoms with Crippen LogP contribution in [0.5, 0.6) is 0 Å². The fraction of sp³-hybridized carbons (Fsp3) is 0.250. The van der Waals surface area contributed by atoms with Gasteiger partial charge in [0.25, 0.3) is 0 Å².